The van der Waals surface area contributed by atoms with Crippen molar-refractivity contribution in [1.82, 2.24) is 24.9 Å². The lowest BCUT2D eigenvalue weighted by molar-refractivity contribution is -0.154. The summed E-state index contributed by atoms with van der Waals surface area (Å²) in [6, 6.07) is -2.20. The Morgan fingerprint density at radius 2 is 1.50 bits per heavy atom. The second-order valence-electron chi connectivity index (χ2n) is 13.6. The van der Waals surface area contributed by atoms with E-state index < -0.39 is 23.5 Å². The van der Waals surface area contributed by atoms with Crippen molar-refractivity contribution in [2.45, 2.75) is 116 Å². The molecule has 0 saturated carbocycles. The minimum Gasteiger partial charge on any atom is -0.480 e. The Bertz CT molecular complexity index is 919. The number of hydrogen-bond donors (Lipinski definition) is 2. The van der Waals surface area contributed by atoms with Gasteiger partial charge in [-0.25, -0.2) is 4.79 Å². The maximum atomic E-state index is 14.0. The zero-order chi connectivity index (χ0) is 29.8. The molecule has 0 aromatic rings. The molecular weight excluding hydrogens is 510 g/mol. The Kier molecular flexibility index (Phi) is 11.0. The van der Waals surface area contributed by atoms with Crippen LogP contribution in [0.4, 0.5) is 0 Å². The molecule has 0 spiro atoms. The number of nitrogens with zero attached hydrogens (tertiary/aromatic N) is 4. The summed E-state index contributed by atoms with van der Waals surface area (Å²) in [5, 5.41) is 12.8. The molecule has 2 N–H and O–H groups in total. The van der Waals surface area contributed by atoms with Crippen molar-refractivity contribution in [2.75, 3.05) is 40.3 Å². The van der Waals surface area contributed by atoms with Gasteiger partial charge in [-0.15, -0.1) is 0 Å². The van der Waals surface area contributed by atoms with Gasteiger partial charge in [0.2, 0.25) is 17.7 Å². The predicted octanol–water partition coefficient (Wildman–Crippen LogP) is 2.41. The number of carbonyl (C=O) groups is 4. The third-order valence-electron chi connectivity index (χ3n) is 9.23. The van der Waals surface area contributed by atoms with Gasteiger partial charge in [0.15, 0.2) is 0 Å². The highest BCUT2D eigenvalue weighted by Gasteiger charge is 2.43. The molecule has 40 heavy (non-hydrogen) atoms. The van der Waals surface area contributed by atoms with Crippen LogP contribution in [-0.2, 0) is 19.2 Å². The second-order valence-corrected chi connectivity index (χ2v) is 13.6. The zero-order valence-electron chi connectivity index (χ0n) is 25.8. The van der Waals surface area contributed by atoms with Crippen LogP contribution in [0.1, 0.15) is 86.0 Å². The maximum absolute atomic E-state index is 14.0. The Morgan fingerprint density at radius 3 is 2.08 bits per heavy atom. The molecule has 0 aromatic heterocycles. The first-order valence-corrected chi connectivity index (χ1v) is 15.3. The van der Waals surface area contributed by atoms with Crippen LogP contribution in [0.15, 0.2) is 0 Å². The molecule has 10 heteroatoms. The van der Waals surface area contributed by atoms with Crippen LogP contribution in [0.3, 0.4) is 0 Å². The fraction of sp³-hybridized carbons (Fsp3) is 0.867. The highest BCUT2D eigenvalue weighted by atomic mass is 16.4. The lowest BCUT2D eigenvalue weighted by Crippen LogP contribution is -2.61. The molecule has 3 rings (SSSR count). The van der Waals surface area contributed by atoms with Gasteiger partial charge in [0.05, 0.1) is 12.1 Å². The van der Waals surface area contributed by atoms with E-state index in [1.807, 2.05) is 34.9 Å². The average Bonchev–Trinajstić information content (AvgIpc) is 3.36. The first-order valence-electron chi connectivity index (χ1n) is 15.3. The van der Waals surface area contributed by atoms with E-state index in [0.717, 1.165) is 51.6 Å². The molecule has 10 nitrogen and oxygen atoms in total. The number of likely N-dealkylation sites (N-methyl/N-ethyl adjacent to an activating group) is 2. The van der Waals surface area contributed by atoms with Crippen LogP contribution < -0.4 is 5.32 Å². The average molecular weight is 564 g/mol. The summed E-state index contributed by atoms with van der Waals surface area (Å²) < 4.78 is 0. The number of aliphatic carboxylic acids is 1. The topological polar surface area (TPSA) is 113 Å². The number of carbonyl (C=O) groups excluding carboxylic acids is 3. The van der Waals surface area contributed by atoms with Gasteiger partial charge in [0.25, 0.3) is 0 Å². The van der Waals surface area contributed by atoms with E-state index in [2.05, 4.69) is 29.0 Å². The molecule has 4 unspecified atom stereocenters. The normalized spacial score (nSPS) is 26.4. The monoisotopic (exact) mass is 563 g/mol. The summed E-state index contributed by atoms with van der Waals surface area (Å²) in [6.45, 7) is 12.7. The Hall–Kier alpha value is -2.20. The van der Waals surface area contributed by atoms with Crippen molar-refractivity contribution in [3.63, 3.8) is 0 Å². The molecular formula is C30H53N5O5. The summed E-state index contributed by atoms with van der Waals surface area (Å²) in [5.41, 5.74) is -0.484. The molecule has 3 aliphatic heterocycles. The third kappa shape index (κ3) is 7.55. The van der Waals surface area contributed by atoms with Gasteiger partial charge in [-0.2, -0.15) is 0 Å². The summed E-state index contributed by atoms with van der Waals surface area (Å²) in [7, 11) is 3.77. The molecule has 3 heterocycles. The van der Waals surface area contributed by atoms with Crippen LogP contribution in [-0.4, -0.2) is 119 Å². The number of hydrogen-bond acceptors (Lipinski definition) is 6. The van der Waals surface area contributed by atoms with E-state index in [1.54, 1.807) is 9.80 Å². The molecule has 0 aromatic carbocycles. The van der Waals surface area contributed by atoms with Gasteiger partial charge in [0.1, 0.15) is 12.1 Å². The molecule has 3 fully saturated rings. The molecule has 3 saturated heterocycles. The molecule has 0 radical (unpaired) electrons. The van der Waals surface area contributed by atoms with Gasteiger partial charge in [0, 0.05) is 26.2 Å². The van der Waals surface area contributed by atoms with Gasteiger partial charge in [-0.3, -0.25) is 24.2 Å². The molecule has 0 bridgehead atoms. The summed E-state index contributed by atoms with van der Waals surface area (Å²) >= 11 is 0. The number of likely N-dealkylation sites (tertiary alicyclic amines) is 3. The van der Waals surface area contributed by atoms with Crippen molar-refractivity contribution in [1.29, 1.82) is 0 Å². The van der Waals surface area contributed by atoms with Crippen LogP contribution >= 0.6 is 0 Å². The lowest BCUT2D eigenvalue weighted by atomic mass is 9.84. The summed E-state index contributed by atoms with van der Waals surface area (Å²) in [5.74, 6) is -1.13. The van der Waals surface area contributed by atoms with E-state index in [9.17, 15) is 24.3 Å². The highest BCUT2D eigenvalue weighted by Crippen LogP contribution is 2.28. The van der Waals surface area contributed by atoms with Gasteiger partial charge < -0.3 is 20.2 Å². The van der Waals surface area contributed by atoms with Gasteiger partial charge in [-0.1, -0.05) is 41.0 Å². The van der Waals surface area contributed by atoms with E-state index >= 15 is 0 Å². The third-order valence-corrected chi connectivity index (χ3v) is 9.23. The van der Waals surface area contributed by atoms with Crippen molar-refractivity contribution in [3.8, 4) is 0 Å². The van der Waals surface area contributed by atoms with Crippen molar-refractivity contribution < 1.29 is 24.3 Å². The van der Waals surface area contributed by atoms with Gasteiger partial charge >= 0.3 is 5.97 Å². The standard InChI is InChI=1S/C30H53N5O5/c1-20(2)24(19-34-17-12-15-22(34)27(37)35-18-11-9-14-23(35)29(39)40)33(7)28(38)25(30(3,4)5)31-26(36)21-13-8-10-16-32(21)6/h20-25H,8-19H2,1-7H3,(H,31,36)(H,39,40)/t21?,22?,23-,24?,25?/m0/s1. The van der Waals surface area contributed by atoms with Crippen LogP contribution in [0.25, 0.3) is 0 Å². The minimum absolute atomic E-state index is 0.0929. The lowest BCUT2D eigenvalue weighted by Gasteiger charge is -2.42. The van der Waals surface area contributed by atoms with E-state index in [-0.39, 0.29) is 41.8 Å². The minimum atomic E-state index is -0.933. The summed E-state index contributed by atoms with van der Waals surface area (Å²) in [6.07, 6.45) is 6.57. The number of carboxylic acid groups (broad SMARTS) is 1. The second kappa shape index (κ2) is 13.6. The fourth-order valence-corrected chi connectivity index (χ4v) is 6.65. The number of piperidine rings is 2. The fourth-order valence-electron chi connectivity index (χ4n) is 6.65. The highest BCUT2D eigenvalue weighted by molar-refractivity contribution is 5.90. The van der Waals surface area contributed by atoms with E-state index in [4.69, 9.17) is 0 Å². The molecule has 0 aliphatic carbocycles. The molecule has 5 atom stereocenters. The first-order chi connectivity index (χ1) is 18.7. The van der Waals surface area contributed by atoms with Crippen molar-refractivity contribution >= 4 is 23.7 Å². The zero-order valence-corrected chi connectivity index (χ0v) is 25.8. The number of nitrogens with one attached hydrogen (secondary N) is 1. The SMILES string of the molecule is CC(C)C(CN1CCCC1C(=O)N1CCCC[C@H]1C(=O)O)N(C)C(=O)C(NC(=O)C1CCCCN1C)C(C)(C)C. The first kappa shape index (κ1) is 32.3. The van der Waals surface area contributed by atoms with Crippen molar-refractivity contribution in [2.24, 2.45) is 11.3 Å². The predicted molar refractivity (Wildman–Crippen MR) is 155 cm³/mol. The van der Waals surface area contributed by atoms with Crippen molar-refractivity contribution in [3.05, 3.63) is 0 Å². The van der Waals surface area contributed by atoms with E-state index in [1.165, 1.54) is 0 Å². The smallest absolute Gasteiger partial charge is 0.326 e. The Morgan fingerprint density at radius 1 is 0.900 bits per heavy atom. The molecule has 3 aliphatic rings. The molecule has 3 amide bonds. The van der Waals surface area contributed by atoms with Crippen LogP contribution in [0, 0.1) is 11.3 Å². The van der Waals surface area contributed by atoms with Crippen LogP contribution in [0.2, 0.25) is 0 Å². The Balaban J connectivity index is 1.75. The maximum Gasteiger partial charge on any atom is 0.326 e. The van der Waals surface area contributed by atoms with Crippen LogP contribution in [0.5, 0.6) is 0 Å². The number of carboxylic acids is 1. The quantitative estimate of drug-likeness (QED) is 0.443. The molecule has 228 valence electrons. The van der Waals surface area contributed by atoms with E-state index in [0.29, 0.717) is 25.9 Å². The number of amides is 3. The van der Waals surface area contributed by atoms with Gasteiger partial charge in [-0.05, 0) is 76.4 Å². The largest absolute Gasteiger partial charge is 0.480 e. The summed E-state index contributed by atoms with van der Waals surface area (Å²) in [4.78, 5) is 60.4. The Labute approximate surface area is 240 Å². The number of rotatable bonds is 9.